The first-order chi connectivity index (χ1) is 10.1. The third-order valence-corrected chi connectivity index (χ3v) is 2.98. The lowest BCUT2D eigenvalue weighted by Gasteiger charge is -2.07. The number of methoxy groups -OCH3 is 1. The summed E-state index contributed by atoms with van der Waals surface area (Å²) in [6.07, 6.45) is 0.0715. The van der Waals surface area contributed by atoms with Crippen molar-refractivity contribution in [1.29, 1.82) is 0 Å². The minimum atomic E-state index is -0.499. The lowest BCUT2D eigenvalue weighted by atomic mass is 10.1. The third-order valence-electron chi connectivity index (χ3n) is 2.98. The summed E-state index contributed by atoms with van der Waals surface area (Å²) in [4.78, 5) is 11.8. The molecular formula is C16H15F2NO2. The van der Waals surface area contributed by atoms with Crippen molar-refractivity contribution < 1.29 is 18.3 Å². The molecule has 0 bridgehead atoms. The van der Waals surface area contributed by atoms with E-state index in [1.165, 1.54) is 31.4 Å². The summed E-state index contributed by atoms with van der Waals surface area (Å²) in [6.45, 7) is 0.303. The van der Waals surface area contributed by atoms with Gasteiger partial charge in [0.1, 0.15) is 5.82 Å². The molecule has 0 radical (unpaired) electrons. The Morgan fingerprint density at radius 1 is 1.10 bits per heavy atom. The number of hydrogen-bond donors (Lipinski definition) is 1. The Balaban J connectivity index is 1.89. The van der Waals surface area contributed by atoms with Crippen molar-refractivity contribution in [3.8, 4) is 5.75 Å². The maximum absolute atomic E-state index is 13.5. The van der Waals surface area contributed by atoms with Crippen molar-refractivity contribution in [2.45, 2.75) is 13.0 Å². The van der Waals surface area contributed by atoms with Crippen LogP contribution in [0.1, 0.15) is 11.1 Å². The summed E-state index contributed by atoms with van der Waals surface area (Å²) < 4.78 is 31.1. The standard InChI is InChI=1S/C16H15F2NO2/c1-21-15-7-4-12(8-14(15)18)9-16(20)19-10-11-2-5-13(17)6-3-11/h2-8H,9-10H2,1H3,(H,19,20). The Hall–Kier alpha value is -2.43. The molecule has 2 rings (SSSR count). The van der Waals surface area contributed by atoms with Gasteiger partial charge in [0.05, 0.1) is 13.5 Å². The zero-order chi connectivity index (χ0) is 15.2. The van der Waals surface area contributed by atoms with Crippen LogP contribution in [0.3, 0.4) is 0 Å². The molecule has 5 heteroatoms. The number of carbonyl (C=O) groups excluding carboxylic acids is 1. The minimum Gasteiger partial charge on any atom is -0.494 e. The number of rotatable bonds is 5. The zero-order valence-corrected chi connectivity index (χ0v) is 11.5. The van der Waals surface area contributed by atoms with Crippen molar-refractivity contribution in [3.63, 3.8) is 0 Å². The fourth-order valence-electron chi connectivity index (χ4n) is 1.87. The van der Waals surface area contributed by atoms with Crippen LogP contribution in [-0.2, 0) is 17.8 Å². The Labute approximate surface area is 121 Å². The largest absolute Gasteiger partial charge is 0.494 e. The van der Waals surface area contributed by atoms with Crippen LogP contribution in [0, 0.1) is 11.6 Å². The quantitative estimate of drug-likeness (QED) is 0.920. The third kappa shape index (κ3) is 4.27. The van der Waals surface area contributed by atoms with E-state index in [0.717, 1.165) is 5.56 Å². The van der Waals surface area contributed by atoms with Gasteiger partial charge in [-0.3, -0.25) is 4.79 Å². The first kappa shape index (κ1) is 15.0. The summed E-state index contributed by atoms with van der Waals surface area (Å²) in [6, 6.07) is 10.3. The minimum absolute atomic E-state index is 0.0715. The number of hydrogen-bond acceptors (Lipinski definition) is 2. The predicted octanol–water partition coefficient (Wildman–Crippen LogP) is 2.83. The second-order valence-electron chi connectivity index (χ2n) is 4.55. The molecule has 0 aliphatic carbocycles. The highest BCUT2D eigenvalue weighted by Crippen LogP contribution is 2.17. The maximum Gasteiger partial charge on any atom is 0.224 e. The van der Waals surface area contributed by atoms with E-state index in [1.54, 1.807) is 18.2 Å². The van der Waals surface area contributed by atoms with E-state index in [0.29, 0.717) is 12.1 Å². The molecule has 2 aromatic rings. The SMILES string of the molecule is COc1ccc(CC(=O)NCc2ccc(F)cc2)cc1F. The van der Waals surface area contributed by atoms with Gasteiger partial charge in [-0.05, 0) is 35.4 Å². The molecule has 3 nitrogen and oxygen atoms in total. The molecule has 0 aliphatic heterocycles. The molecule has 0 aromatic heterocycles. The van der Waals surface area contributed by atoms with Crippen molar-refractivity contribution >= 4 is 5.91 Å². The number of benzene rings is 2. The van der Waals surface area contributed by atoms with Crippen LogP contribution in [0.4, 0.5) is 8.78 Å². The molecule has 0 fully saturated rings. The van der Waals surface area contributed by atoms with E-state index >= 15 is 0 Å². The molecule has 0 atom stereocenters. The average molecular weight is 291 g/mol. The maximum atomic E-state index is 13.5. The van der Waals surface area contributed by atoms with Crippen LogP contribution in [0.5, 0.6) is 5.75 Å². The molecule has 1 amide bonds. The van der Waals surface area contributed by atoms with Gasteiger partial charge in [-0.15, -0.1) is 0 Å². The Bertz CT molecular complexity index is 627. The normalized spacial score (nSPS) is 10.2. The zero-order valence-electron chi connectivity index (χ0n) is 11.5. The van der Waals surface area contributed by atoms with Gasteiger partial charge in [-0.2, -0.15) is 0 Å². The van der Waals surface area contributed by atoms with Gasteiger partial charge in [-0.25, -0.2) is 8.78 Å². The van der Waals surface area contributed by atoms with E-state index in [9.17, 15) is 13.6 Å². The van der Waals surface area contributed by atoms with Gasteiger partial charge in [0.2, 0.25) is 5.91 Å². The van der Waals surface area contributed by atoms with E-state index in [-0.39, 0.29) is 23.9 Å². The van der Waals surface area contributed by atoms with Gasteiger partial charge < -0.3 is 10.1 Å². The molecule has 0 saturated carbocycles. The van der Waals surface area contributed by atoms with Crippen LogP contribution < -0.4 is 10.1 Å². The molecule has 1 N–H and O–H groups in total. The van der Waals surface area contributed by atoms with Gasteiger partial charge in [-0.1, -0.05) is 18.2 Å². The van der Waals surface area contributed by atoms with Crippen LogP contribution in [0.15, 0.2) is 42.5 Å². The number of ether oxygens (including phenoxy) is 1. The average Bonchev–Trinajstić information content (AvgIpc) is 2.47. The molecule has 0 spiro atoms. The summed E-state index contributed by atoms with van der Waals surface area (Å²) in [7, 11) is 1.38. The number of halogens is 2. The fraction of sp³-hybridized carbons (Fsp3) is 0.188. The summed E-state index contributed by atoms with van der Waals surface area (Å²) >= 11 is 0. The topological polar surface area (TPSA) is 38.3 Å². The molecule has 0 saturated heterocycles. The van der Waals surface area contributed by atoms with E-state index in [4.69, 9.17) is 4.74 Å². The van der Waals surface area contributed by atoms with Crippen molar-refractivity contribution in [2.24, 2.45) is 0 Å². The second-order valence-corrected chi connectivity index (χ2v) is 4.55. The van der Waals surface area contributed by atoms with Gasteiger partial charge in [0.25, 0.3) is 0 Å². The highest BCUT2D eigenvalue weighted by molar-refractivity contribution is 5.78. The summed E-state index contributed by atoms with van der Waals surface area (Å²) in [5.74, 6) is -0.908. The highest BCUT2D eigenvalue weighted by Gasteiger charge is 2.07. The molecule has 21 heavy (non-hydrogen) atoms. The first-order valence-electron chi connectivity index (χ1n) is 6.42. The number of nitrogens with one attached hydrogen (secondary N) is 1. The summed E-state index contributed by atoms with van der Waals surface area (Å²) in [5, 5.41) is 2.70. The van der Waals surface area contributed by atoms with E-state index in [2.05, 4.69) is 5.32 Å². The van der Waals surface area contributed by atoms with Crippen molar-refractivity contribution in [2.75, 3.05) is 7.11 Å². The number of amides is 1. The Morgan fingerprint density at radius 2 is 1.76 bits per heavy atom. The predicted molar refractivity (Wildman–Crippen MR) is 74.9 cm³/mol. The van der Waals surface area contributed by atoms with Crippen molar-refractivity contribution in [1.82, 2.24) is 5.32 Å². The molecule has 0 aliphatic rings. The lowest BCUT2D eigenvalue weighted by Crippen LogP contribution is -2.24. The van der Waals surface area contributed by atoms with E-state index in [1.807, 2.05) is 0 Å². The molecule has 0 heterocycles. The first-order valence-corrected chi connectivity index (χ1v) is 6.42. The molecule has 0 unspecified atom stereocenters. The molecule has 110 valence electrons. The molecular weight excluding hydrogens is 276 g/mol. The smallest absolute Gasteiger partial charge is 0.224 e. The van der Waals surface area contributed by atoms with Crippen LogP contribution in [0.25, 0.3) is 0 Å². The second kappa shape index (κ2) is 6.83. The van der Waals surface area contributed by atoms with Gasteiger partial charge in [0, 0.05) is 6.54 Å². The Kier molecular flexibility index (Phi) is 4.87. The van der Waals surface area contributed by atoms with Gasteiger partial charge in [0.15, 0.2) is 11.6 Å². The fourth-order valence-corrected chi connectivity index (χ4v) is 1.87. The van der Waals surface area contributed by atoms with Gasteiger partial charge >= 0.3 is 0 Å². The van der Waals surface area contributed by atoms with Crippen LogP contribution in [-0.4, -0.2) is 13.0 Å². The van der Waals surface area contributed by atoms with Crippen molar-refractivity contribution in [3.05, 3.63) is 65.2 Å². The van der Waals surface area contributed by atoms with Crippen LogP contribution >= 0.6 is 0 Å². The van der Waals surface area contributed by atoms with E-state index < -0.39 is 5.82 Å². The monoisotopic (exact) mass is 291 g/mol. The lowest BCUT2D eigenvalue weighted by molar-refractivity contribution is -0.120. The number of carbonyl (C=O) groups is 1. The molecule has 2 aromatic carbocycles. The highest BCUT2D eigenvalue weighted by atomic mass is 19.1. The van der Waals surface area contributed by atoms with Crippen LogP contribution in [0.2, 0.25) is 0 Å². The Morgan fingerprint density at radius 3 is 2.38 bits per heavy atom. The summed E-state index contributed by atoms with van der Waals surface area (Å²) in [5.41, 5.74) is 1.36.